The molecule has 0 saturated carbocycles. The first-order valence-electron chi connectivity index (χ1n) is 5.41. The van der Waals surface area contributed by atoms with Crippen LogP contribution in [0.2, 0.25) is 0 Å². The molecule has 0 unspecified atom stereocenters. The fraction of sp³-hybridized carbons (Fsp3) is 0.250. The smallest absolute Gasteiger partial charge is 0.392 e. The molecule has 2 rings (SSSR count). The van der Waals surface area contributed by atoms with E-state index < -0.39 is 25.0 Å². The molecule has 0 amide bonds. The molecule has 102 valence electrons. The second-order valence-electron chi connectivity index (χ2n) is 3.89. The Morgan fingerprint density at radius 1 is 1.32 bits per heavy atom. The standard InChI is InChI=1S/C12H10F4N2O/c13-8-6-9(17)7-2-1-4-18-10(7)11(8)19-5-3-12(14,15)16/h1-2,4,6H,3,5,17H2. The average molecular weight is 274 g/mol. The molecule has 2 aromatic rings. The number of pyridine rings is 1. The van der Waals surface area contributed by atoms with E-state index in [0.717, 1.165) is 6.07 Å². The Morgan fingerprint density at radius 3 is 2.74 bits per heavy atom. The largest absolute Gasteiger partial charge is 0.488 e. The molecule has 0 atom stereocenters. The third-order valence-electron chi connectivity index (χ3n) is 2.46. The van der Waals surface area contributed by atoms with E-state index in [1.165, 1.54) is 6.20 Å². The van der Waals surface area contributed by atoms with Crippen LogP contribution in [0.15, 0.2) is 24.4 Å². The minimum atomic E-state index is -4.35. The minimum absolute atomic E-state index is 0.113. The molecule has 0 saturated heterocycles. The second-order valence-corrected chi connectivity index (χ2v) is 3.89. The molecule has 0 aliphatic rings. The van der Waals surface area contributed by atoms with Crippen molar-refractivity contribution in [2.45, 2.75) is 12.6 Å². The van der Waals surface area contributed by atoms with Crippen LogP contribution in [0.25, 0.3) is 10.9 Å². The average Bonchev–Trinajstić information content (AvgIpc) is 2.32. The molecule has 0 aliphatic heterocycles. The SMILES string of the molecule is Nc1cc(F)c(OCCC(F)(F)F)c2ncccc12. The van der Waals surface area contributed by atoms with Gasteiger partial charge in [-0.1, -0.05) is 0 Å². The van der Waals surface area contributed by atoms with E-state index in [2.05, 4.69) is 4.98 Å². The van der Waals surface area contributed by atoms with Crippen molar-refractivity contribution < 1.29 is 22.3 Å². The van der Waals surface area contributed by atoms with Crippen LogP contribution in [0.5, 0.6) is 5.75 Å². The summed E-state index contributed by atoms with van der Waals surface area (Å²) in [5, 5.41) is 0.436. The van der Waals surface area contributed by atoms with Gasteiger partial charge in [0.15, 0.2) is 11.6 Å². The van der Waals surface area contributed by atoms with E-state index in [4.69, 9.17) is 10.5 Å². The molecule has 0 radical (unpaired) electrons. The van der Waals surface area contributed by atoms with Crippen LogP contribution < -0.4 is 10.5 Å². The Labute approximate surface area is 106 Å². The predicted octanol–water partition coefficient (Wildman–Crippen LogP) is 3.29. The number of hydrogen-bond acceptors (Lipinski definition) is 3. The maximum absolute atomic E-state index is 13.7. The van der Waals surface area contributed by atoms with Crippen LogP contribution in [0.4, 0.5) is 23.2 Å². The molecule has 0 fully saturated rings. The molecule has 1 heterocycles. The van der Waals surface area contributed by atoms with Gasteiger partial charge in [0, 0.05) is 23.3 Å². The van der Waals surface area contributed by atoms with Gasteiger partial charge in [0.1, 0.15) is 5.52 Å². The number of nitrogen functional groups attached to an aromatic ring is 1. The molecule has 3 nitrogen and oxygen atoms in total. The van der Waals surface area contributed by atoms with Crippen LogP contribution in [0.3, 0.4) is 0 Å². The van der Waals surface area contributed by atoms with Gasteiger partial charge in [-0.15, -0.1) is 0 Å². The maximum Gasteiger partial charge on any atom is 0.392 e. The third-order valence-corrected chi connectivity index (χ3v) is 2.46. The molecule has 1 aromatic heterocycles. The fourth-order valence-electron chi connectivity index (χ4n) is 1.62. The summed E-state index contributed by atoms with van der Waals surface area (Å²) in [7, 11) is 0. The zero-order valence-electron chi connectivity index (χ0n) is 9.67. The molecule has 19 heavy (non-hydrogen) atoms. The summed E-state index contributed by atoms with van der Waals surface area (Å²) in [5.74, 6) is -1.14. The highest BCUT2D eigenvalue weighted by Crippen LogP contribution is 2.32. The first-order valence-corrected chi connectivity index (χ1v) is 5.41. The number of alkyl halides is 3. The molecule has 1 aromatic carbocycles. The topological polar surface area (TPSA) is 48.1 Å². The van der Waals surface area contributed by atoms with Gasteiger partial charge in [0.2, 0.25) is 0 Å². The monoisotopic (exact) mass is 274 g/mol. The first kappa shape index (κ1) is 13.4. The van der Waals surface area contributed by atoms with Crippen LogP contribution in [0, 0.1) is 5.82 Å². The van der Waals surface area contributed by atoms with E-state index in [1.807, 2.05) is 0 Å². The summed E-state index contributed by atoms with van der Waals surface area (Å²) >= 11 is 0. The lowest BCUT2D eigenvalue weighted by Gasteiger charge is -2.12. The fourth-order valence-corrected chi connectivity index (χ4v) is 1.62. The molecule has 0 spiro atoms. The van der Waals surface area contributed by atoms with Crippen molar-refractivity contribution in [1.29, 1.82) is 0 Å². The van der Waals surface area contributed by atoms with Crippen molar-refractivity contribution in [3.63, 3.8) is 0 Å². The Balaban J connectivity index is 2.32. The lowest BCUT2D eigenvalue weighted by Crippen LogP contribution is -2.13. The van der Waals surface area contributed by atoms with E-state index in [0.29, 0.717) is 5.39 Å². The van der Waals surface area contributed by atoms with Crippen molar-refractivity contribution in [2.24, 2.45) is 0 Å². The maximum atomic E-state index is 13.7. The van der Waals surface area contributed by atoms with E-state index in [-0.39, 0.29) is 17.0 Å². The molecule has 2 N–H and O–H groups in total. The second kappa shape index (κ2) is 4.91. The molecular weight excluding hydrogens is 264 g/mol. The number of halogens is 4. The number of nitrogens with zero attached hydrogens (tertiary/aromatic N) is 1. The van der Waals surface area contributed by atoms with E-state index in [9.17, 15) is 17.6 Å². The van der Waals surface area contributed by atoms with Gasteiger partial charge in [-0.25, -0.2) is 4.39 Å². The third kappa shape index (κ3) is 3.04. The van der Waals surface area contributed by atoms with Gasteiger partial charge in [-0.3, -0.25) is 4.98 Å². The summed E-state index contributed by atoms with van der Waals surface area (Å²) in [5.41, 5.74) is 5.88. The Morgan fingerprint density at radius 2 is 2.05 bits per heavy atom. The number of nitrogens with two attached hydrogens (primary N) is 1. The van der Waals surface area contributed by atoms with Gasteiger partial charge in [-0.05, 0) is 12.1 Å². The number of fused-ring (bicyclic) bond motifs is 1. The summed E-state index contributed by atoms with van der Waals surface area (Å²) < 4.78 is 54.6. The molecule has 0 bridgehead atoms. The molecule has 7 heteroatoms. The number of aromatic nitrogens is 1. The Kier molecular flexibility index (Phi) is 3.46. The van der Waals surface area contributed by atoms with Crippen LogP contribution >= 0.6 is 0 Å². The zero-order chi connectivity index (χ0) is 14.0. The summed E-state index contributed by atoms with van der Waals surface area (Å²) in [6.45, 7) is -0.671. The van der Waals surface area contributed by atoms with E-state index >= 15 is 0 Å². The van der Waals surface area contributed by atoms with Crippen molar-refractivity contribution in [1.82, 2.24) is 4.98 Å². The summed E-state index contributed by atoms with van der Waals surface area (Å²) in [4.78, 5) is 3.89. The number of rotatable bonds is 3. The minimum Gasteiger partial charge on any atom is -0.488 e. The van der Waals surface area contributed by atoms with Crippen LogP contribution in [-0.2, 0) is 0 Å². The Bertz CT molecular complexity index is 598. The highest BCUT2D eigenvalue weighted by atomic mass is 19.4. The van der Waals surface area contributed by atoms with Crippen LogP contribution in [-0.4, -0.2) is 17.8 Å². The highest BCUT2D eigenvalue weighted by Gasteiger charge is 2.27. The Hall–Kier alpha value is -2.05. The van der Waals surface area contributed by atoms with Gasteiger partial charge >= 0.3 is 6.18 Å². The van der Waals surface area contributed by atoms with E-state index in [1.54, 1.807) is 12.1 Å². The number of anilines is 1. The molecule has 0 aliphatic carbocycles. The number of benzene rings is 1. The number of hydrogen-bond donors (Lipinski definition) is 1. The van der Waals surface area contributed by atoms with Crippen molar-refractivity contribution in [3.8, 4) is 5.75 Å². The van der Waals surface area contributed by atoms with Gasteiger partial charge in [-0.2, -0.15) is 13.2 Å². The molecular formula is C12H10F4N2O. The van der Waals surface area contributed by atoms with Gasteiger partial charge in [0.05, 0.1) is 13.0 Å². The van der Waals surface area contributed by atoms with Crippen LogP contribution in [0.1, 0.15) is 6.42 Å². The normalized spacial score (nSPS) is 11.8. The van der Waals surface area contributed by atoms with Crippen molar-refractivity contribution in [2.75, 3.05) is 12.3 Å². The predicted molar refractivity (Wildman–Crippen MR) is 62.3 cm³/mol. The van der Waals surface area contributed by atoms with Gasteiger partial charge in [0.25, 0.3) is 0 Å². The highest BCUT2D eigenvalue weighted by molar-refractivity contribution is 5.94. The van der Waals surface area contributed by atoms with Crippen molar-refractivity contribution >= 4 is 16.6 Å². The summed E-state index contributed by atoms with van der Waals surface area (Å²) in [6.07, 6.45) is -4.13. The summed E-state index contributed by atoms with van der Waals surface area (Å²) in [6, 6.07) is 4.19. The lowest BCUT2D eigenvalue weighted by molar-refractivity contribution is -0.139. The first-order chi connectivity index (χ1) is 8.88. The number of ether oxygens (including phenoxy) is 1. The van der Waals surface area contributed by atoms with Gasteiger partial charge < -0.3 is 10.5 Å². The van der Waals surface area contributed by atoms with Crippen molar-refractivity contribution in [3.05, 3.63) is 30.2 Å². The lowest BCUT2D eigenvalue weighted by atomic mass is 10.1. The quantitative estimate of drug-likeness (QED) is 0.690. The zero-order valence-corrected chi connectivity index (χ0v) is 9.67.